The van der Waals surface area contributed by atoms with E-state index in [2.05, 4.69) is 29.8 Å². The fourth-order valence-corrected chi connectivity index (χ4v) is 1.97. The predicted molar refractivity (Wildman–Crippen MR) is 84.5 cm³/mol. The van der Waals surface area contributed by atoms with Gasteiger partial charge in [-0.05, 0) is 43.5 Å². The van der Waals surface area contributed by atoms with Crippen molar-refractivity contribution in [3.05, 3.63) is 47.5 Å². The molecule has 1 unspecified atom stereocenters. The van der Waals surface area contributed by atoms with Gasteiger partial charge in [-0.15, -0.1) is 0 Å². The van der Waals surface area contributed by atoms with E-state index < -0.39 is 0 Å². The van der Waals surface area contributed by atoms with Crippen molar-refractivity contribution in [2.45, 2.75) is 25.6 Å². The van der Waals surface area contributed by atoms with Gasteiger partial charge in [-0.3, -0.25) is 0 Å². The number of rotatable bonds is 2. The Morgan fingerprint density at radius 2 is 2.00 bits per heavy atom. The minimum absolute atomic E-state index is 0.102. The molecule has 1 aliphatic rings. The number of nitriles is 1. The van der Waals surface area contributed by atoms with Crippen LogP contribution in [0.3, 0.4) is 0 Å². The quantitative estimate of drug-likeness (QED) is 0.787. The van der Waals surface area contributed by atoms with E-state index in [-0.39, 0.29) is 6.29 Å². The maximum absolute atomic E-state index is 8.94. The summed E-state index contributed by atoms with van der Waals surface area (Å²) in [4.78, 5) is 0. The van der Waals surface area contributed by atoms with Gasteiger partial charge in [0.05, 0.1) is 5.56 Å². The van der Waals surface area contributed by atoms with Gasteiger partial charge in [0, 0.05) is 12.2 Å². The van der Waals surface area contributed by atoms with Crippen LogP contribution in [0, 0.1) is 35.0 Å². The Bertz CT molecular complexity index is 671. The zero-order valence-corrected chi connectivity index (χ0v) is 12.3. The van der Waals surface area contributed by atoms with Crippen LogP contribution < -0.4 is 0 Å². The number of nitrogens with zero attached hydrogens (tertiary/aromatic N) is 1. The molecule has 3 heteroatoms. The summed E-state index contributed by atoms with van der Waals surface area (Å²) in [5.74, 6) is 11.6. The summed E-state index contributed by atoms with van der Waals surface area (Å²) in [6.07, 6.45) is 6.45. The van der Waals surface area contributed by atoms with Gasteiger partial charge >= 0.3 is 0 Å². The number of ether oxygens (including phenoxy) is 2. The molecule has 1 saturated heterocycles. The number of hydrogen-bond donors (Lipinski definition) is 0. The van der Waals surface area contributed by atoms with E-state index in [1.165, 1.54) is 0 Å². The molecule has 1 aliphatic heterocycles. The monoisotopic (exact) mass is 291 g/mol. The molecule has 1 fully saturated rings. The maximum Gasteiger partial charge on any atom is 0.158 e. The van der Waals surface area contributed by atoms with Crippen LogP contribution in [0.5, 0.6) is 0 Å². The predicted octanol–water partition coefficient (Wildman–Crippen LogP) is 3.01. The molecule has 0 bridgehead atoms. The molecule has 0 spiro atoms. The van der Waals surface area contributed by atoms with Crippen LogP contribution in [0.25, 0.3) is 0 Å². The van der Waals surface area contributed by atoms with Crippen LogP contribution in [0.1, 0.15) is 30.4 Å². The lowest BCUT2D eigenvalue weighted by atomic mass is 10.1. The highest BCUT2D eigenvalue weighted by molar-refractivity contribution is 5.48. The van der Waals surface area contributed by atoms with E-state index in [1.807, 2.05) is 18.2 Å². The van der Waals surface area contributed by atoms with Crippen molar-refractivity contribution in [3.8, 4) is 29.8 Å². The second-order valence-electron chi connectivity index (χ2n) is 4.69. The molecule has 1 atom stereocenters. The fraction of sp³-hybridized carbons (Fsp3) is 0.316. The molecule has 0 aliphatic carbocycles. The number of allylic oxidation sites excluding steroid dienone is 2. The Morgan fingerprint density at radius 3 is 2.77 bits per heavy atom. The largest absolute Gasteiger partial charge is 0.353 e. The molecule has 1 aromatic carbocycles. The van der Waals surface area contributed by atoms with Crippen LogP contribution >= 0.6 is 0 Å². The molecule has 0 radical (unpaired) electrons. The highest BCUT2D eigenvalue weighted by atomic mass is 16.7. The molecule has 110 valence electrons. The first-order valence-electron chi connectivity index (χ1n) is 7.27. The van der Waals surface area contributed by atoms with Gasteiger partial charge in [-0.1, -0.05) is 35.8 Å². The topological polar surface area (TPSA) is 42.2 Å². The van der Waals surface area contributed by atoms with E-state index in [4.69, 9.17) is 14.7 Å². The van der Waals surface area contributed by atoms with E-state index in [9.17, 15) is 0 Å². The van der Waals surface area contributed by atoms with Gasteiger partial charge < -0.3 is 9.47 Å². The van der Waals surface area contributed by atoms with E-state index in [1.54, 1.807) is 18.2 Å². The fourth-order valence-electron chi connectivity index (χ4n) is 1.97. The van der Waals surface area contributed by atoms with Crippen molar-refractivity contribution < 1.29 is 9.47 Å². The summed E-state index contributed by atoms with van der Waals surface area (Å²) in [5, 5.41) is 8.94. The summed E-state index contributed by atoms with van der Waals surface area (Å²) in [6.45, 7) is 1.14. The third-order valence-corrected chi connectivity index (χ3v) is 3.09. The summed E-state index contributed by atoms with van der Waals surface area (Å²) >= 11 is 0. The van der Waals surface area contributed by atoms with Crippen LogP contribution in [0.4, 0.5) is 0 Å². The molecule has 1 heterocycles. The molecular weight excluding hydrogens is 274 g/mol. The molecule has 0 N–H and O–H groups in total. The van der Waals surface area contributed by atoms with Crippen molar-refractivity contribution in [2.24, 2.45) is 0 Å². The SMILES string of the molecule is N#Cc1ccccc1C#C/C=C/C#CCOC1CCCCO1. The van der Waals surface area contributed by atoms with Gasteiger partial charge in [0.1, 0.15) is 12.7 Å². The molecule has 0 amide bonds. The van der Waals surface area contributed by atoms with Gasteiger partial charge in [-0.25, -0.2) is 0 Å². The normalized spacial score (nSPS) is 17.0. The molecule has 0 aromatic heterocycles. The lowest BCUT2D eigenvalue weighted by Crippen LogP contribution is -2.22. The second-order valence-corrected chi connectivity index (χ2v) is 4.69. The highest BCUT2D eigenvalue weighted by Crippen LogP contribution is 2.12. The summed E-state index contributed by atoms with van der Waals surface area (Å²) < 4.78 is 10.9. The molecule has 1 aromatic rings. The molecule has 22 heavy (non-hydrogen) atoms. The van der Waals surface area contributed by atoms with Gasteiger partial charge in [0.15, 0.2) is 6.29 Å². The van der Waals surface area contributed by atoms with E-state index in [0.717, 1.165) is 31.4 Å². The lowest BCUT2D eigenvalue weighted by Gasteiger charge is -2.21. The molecular formula is C19H17NO2. The van der Waals surface area contributed by atoms with E-state index >= 15 is 0 Å². The minimum Gasteiger partial charge on any atom is -0.353 e. The average molecular weight is 291 g/mol. The van der Waals surface area contributed by atoms with Crippen molar-refractivity contribution in [1.82, 2.24) is 0 Å². The highest BCUT2D eigenvalue weighted by Gasteiger charge is 2.12. The first-order chi connectivity index (χ1) is 10.9. The van der Waals surface area contributed by atoms with Crippen molar-refractivity contribution in [1.29, 1.82) is 5.26 Å². The number of benzene rings is 1. The Hall–Kier alpha value is -2.51. The second kappa shape index (κ2) is 9.43. The molecule has 2 rings (SSSR count). The summed E-state index contributed by atoms with van der Waals surface area (Å²) in [5.41, 5.74) is 1.30. The Kier molecular flexibility index (Phi) is 6.80. The lowest BCUT2D eigenvalue weighted by molar-refractivity contribution is -0.154. The first kappa shape index (κ1) is 15.9. The summed E-state index contributed by atoms with van der Waals surface area (Å²) in [7, 11) is 0. The Labute approximate surface area is 131 Å². The Morgan fingerprint density at radius 1 is 1.18 bits per heavy atom. The average Bonchev–Trinajstić information content (AvgIpc) is 2.58. The first-order valence-corrected chi connectivity index (χ1v) is 7.27. The van der Waals surface area contributed by atoms with Gasteiger partial charge in [0.25, 0.3) is 0 Å². The third kappa shape index (κ3) is 5.47. The standard InChI is InChI=1S/C19H17NO2/c20-16-18-12-6-5-11-17(18)10-4-2-1-3-8-14-21-19-13-7-9-15-22-19/h1-2,5-6,11-12,19H,7,9,13-15H2/b2-1+. The third-order valence-electron chi connectivity index (χ3n) is 3.09. The number of hydrogen-bond acceptors (Lipinski definition) is 3. The van der Waals surface area contributed by atoms with Crippen molar-refractivity contribution >= 4 is 0 Å². The Balaban J connectivity index is 1.76. The van der Waals surface area contributed by atoms with Crippen LogP contribution in [0.2, 0.25) is 0 Å². The van der Waals surface area contributed by atoms with Gasteiger partial charge in [-0.2, -0.15) is 5.26 Å². The van der Waals surface area contributed by atoms with E-state index in [0.29, 0.717) is 12.2 Å². The van der Waals surface area contributed by atoms with Crippen LogP contribution in [-0.4, -0.2) is 19.5 Å². The van der Waals surface area contributed by atoms with Gasteiger partial charge in [0.2, 0.25) is 0 Å². The zero-order chi connectivity index (χ0) is 15.5. The van der Waals surface area contributed by atoms with Crippen molar-refractivity contribution in [2.75, 3.05) is 13.2 Å². The summed E-state index contributed by atoms with van der Waals surface area (Å²) in [6, 6.07) is 9.36. The van der Waals surface area contributed by atoms with Crippen LogP contribution in [0.15, 0.2) is 36.4 Å². The van der Waals surface area contributed by atoms with Crippen molar-refractivity contribution in [3.63, 3.8) is 0 Å². The molecule has 3 nitrogen and oxygen atoms in total. The zero-order valence-electron chi connectivity index (χ0n) is 12.3. The maximum atomic E-state index is 8.94. The molecule has 0 saturated carbocycles. The minimum atomic E-state index is -0.102. The smallest absolute Gasteiger partial charge is 0.158 e. The van der Waals surface area contributed by atoms with Crippen LogP contribution in [-0.2, 0) is 9.47 Å².